The molecule has 9 heteroatoms. The lowest BCUT2D eigenvalue weighted by Crippen LogP contribution is -2.53. The number of anilines is 2. The highest BCUT2D eigenvalue weighted by Crippen LogP contribution is 2.43. The Morgan fingerprint density at radius 3 is 2.64 bits per heavy atom. The van der Waals surface area contributed by atoms with Crippen LogP contribution in [0.25, 0.3) is 0 Å². The Balaban J connectivity index is 1.29. The van der Waals surface area contributed by atoms with Crippen molar-refractivity contribution >= 4 is 40.9 Å². The van der Waals surface area contributed by atoms with Gasteiger partial charge in [0.15, 0.2) is 0 Å². The van der Waals surface area contributed by atoms with E-state index in [-0.39, 0.29) is 18.0 Å². The second kappa shape index (κ2) is 9.65. The van der Waals surface area contributed by atoms with E-state index in [1.165, 1.54) is 12.8 Å². The van der Waals surface area contributed by atoms with Gasteiger partial charge in [0, 0.05) is 48.0 Å². The first-order valence-corrected chi connectivity index (χ1v) is 12.6. The zero-order valence-electron chi connectivity index (χ0n) is 18.9. The first-order chi connectivity index (χ1) is 16.0. The maximum Gasteiger partial charge on any atom is 0.239 e. The van der Waals surface area contributed by atoms with Crippen molar-refractivity contribution in [2.24, 2.45) is 0 Å². The number of hydrogen-bond donors (Lipinski definition) is 2. The number of amides is 1. The highest BCUT2D eigenvalue weighted by atomic mass is 35.5. The SMILES string of the molecule is C[C@@H](Nc1nc(N2CCN(C(=O)[C@H]3CCCN3)CC2)ncc1C1CC1)c1ccc(Cl)cc1Cl. The lowest BCUT2D eigenvalue weighted by atomic mass is 10.1. The number of carbonyl (C=O) groups excluding carboxylic acids is 1. The lowest BCUT2D eigenvalue weighted by molar-refractivity contribution is -0.133. The van der Waals surface area contributed by atoms with Crippen LogP contribution in [0.4, 0.5) is 11.8 Å². The Labute approximate surface area is 204 Å². The van der Waals surface area contributed by atoms with E-state index in [1.54, 1.807) is 6.07 Å². The molecule has 2 aromatic rings. The minimum absolute atomic E-state index is 0.0115. The van der Waals surface area contributed by atoms with Crippen molar-refractivity contribution in [2.45, 2.75) is 50.6 Å². The Bertz CT molecular complexity index is 1020. The highest BCUT2D eigenvalue weighted by molar-refractivity contribution is 6.35. The van der Waals surface area contributed by atoms with E-state index in [4.69, 9.17) is 33.2 Å². The molecule has 176 valence electrons. The van der Waals surface area contributed by atoms with E-state index >= 15 is 0 Å². The van der Waals surface area contributed by atoms with Crippen LogP contribution in [-0.2, 0) is 4.79 Å². The molecule has 2 N–H and O–H groups in total. The van der Waals surface area contributed by atoms with Crippen LogP contribution >= 0.6 is 23.2 Å². The molecule has 3 heterocycles. The molecule has 1 saturated carbocycles. The number of nitrogens with zero attached hydrogens (tertiary/aromatic N) is 4. The predicted octanol–water partition coefficient (Wildman–Crippen LogP) is 4.23. The van der Waals surface area contributed by atoms with Crippen LogP contribution in [0, 0.1) is 0 Å². The third-order valence-corrected chi connectivity index (χ3v) is 7.40. The van der Waals surface area contributed by atoms with Crippen LogP contribution in [0.2, 0.25) is 10.0 Å². The van der Waals surface area contributed by atoms with Crippen molar-refractivity contribution in [1.29, 1.82) is 0 Å². The van der Waals surface area contributed by atoms with Gasteiger partial charge in [-0.3, -0.25) is 4.79 Å². The standard InChI is InChI=1S/C24H30Cl2N6O/c1-15(18-7-6-17(25)13-20(18)26)29-22-19(16-4-5-16)14-28-24(30-22)32-11-9-31(10-12-32)23(33)21-3-2-8-27-21/h6-7,13-16,21,27H,2-5,8-12H2,1H3,(H,28,29,30)/t15-,21-/m1/s1. The summed E-state index contributed by atoms with van der Waals surface area (Å²) >= 11 is 12.5. The second-order valence-corrected chi connectivity index (χ2v) is 10.1. The fraction of sp³-hybridized carbons (Fsp3) is 0.542. The van der Waals surface area contributed by atoms with Gasteiger partial charge in [0.25, 0.3) is 0 Å². The molecule has 7 nitrogen and oxygen atoms in total. The molecule has 0 bridgehead atoms. The molecule has 1 aliphatic carbocycles. The van der Waals surface area contributed by atoms with Gasteiger partial charge in [0.2, 0.25) is 11.9 Å². The molecule has 3 aliphatic rings. The zero-order chi connectivity index (χ0) is 22.9. The molecule has 3 fully saturated rings. The van der Waals surface area contributed by atoms with Gasteiger partial charge in [-0.05, 0) is 62.8 Å². The van der Waals surface area contributed by atoms with Crippen LogP contribution in [0.1, 0.15) is 55.7 Å². The van der Waals surface area contributed by atoms with Gasteiger partial charge >= 0.3 is 0 Å². The Morgan fingerprint density at radius 2 is 1.97 bits per heavy atom. The summed E-state index contributed by atoms with van der Waals surface area (Å²) in [4.78, 5) is 26.5. The third kappa shape index (κ3) is 5.05. The maximum atomic E-state index is 12.7. The highest BCUT2D eigenvalue weighted by Gasteiger charge is 2.31. The van der Waals surface area contributed by atoms with Gasteiger partial charge in [0.05, 0.1) is 12.1 Å². The largest absolute Gasteiger partial charge is 0.363 e. The topological polar surface area (TPSA) is 73.4 Å². The van der Waals surface area contributed by atoms with Gasteiger partial charge in [-0.15, -0.1) is 0 Å². The molecule has 1 aromatic heterocycles. The predicted molar refractivity (Wildman–Crippen MR) is 132 cm³/mol. The Morgan fingerprint density at radius 1 is 1.18 bits per heavy atom. The summed E-state index contributed by atoms with van der Waals surface area (Å²) in [5, 5.41) is 8.15. The van der Waals surface area contributed by atoms with Crippen LogP contribution < -0.4 is 15.5 Å². The summed E-state index contributed by atoms with van der Waals surface area (Å²) in [6.07, 6.45) is 6.33. The van der Waals surface area contributed by atoms with Crippen LogP contribution in [0.5, 0.6) is 0 Å². The normalized spacial score (nSPS) is 21.8. The van der Waals surface area contributed by atoms with E-state index in [2.05, 4.69) is 22.5 Å². The number of rotatable bonds is 6. The van der Waals surface area contributed by atoms with Crippen molar-refractivity contribution in [2.75, 3.05) is 42.9 Å². The van der Waals surface area contributed by atoms with Crippen molar-refractivity contribution < 1.29 is 4.79 Å². The first-order valence-electron chi connectivity index (χ1n) is 11.8. The molecule has 0 radical (unpaired) electrons. The number of piperazine rings is 1. The molecule has 5 rings (SSSR count). The number of hydrogen-bond acceptors (Lipinski definition) is 6. The average Bonchev–Trinajstić information content (AvgIpc) is 3.51. The summed E-state index contributed by atoms with van der Waals surface area (Å²) in [7, 11) is 0. The molecular weight excluding hydrogens is 459 g/mol. The van der Waals surface area contributed by atoms with E-state index in [0.717, 1.165) is 49.4 Å². The van der Waals surface area contributed by atoms with E-state index in [9.17, 15) is 4.79 Å². The molecular formula is C24H30Cl2N6O. The monoisotopic (exact) mass is 488 g/mol. The molecule has 2 saturated heterocycles. The van der Waals surface area contributed by atoms with Gasteiger partial charge in [-0.25, -0.2) is 4.98 Å². The number of benzene rings is 1. The van der Waals surface area contributed by atoms with Crippen molar-refractivity contribution in [3.05, 3.63) is 45.6 Å². The van der Waals surface area contributed by atoms with E-state index < -0.39 is 0 Å². The number of carbonyl (C=O) groups is 1. The number of aromatic nitrogens is 2. The summed E-state index contributed by atoms with van der Waals surface area (Å²) in [5.74, 6) is 2.33. The smallest absolute Gasteiger partial charge is 0.239 e. The molecule has 1 amide bonds. The minimum Gasteiger partial charge on any atom is -0.363 e. The third-order valence-electron chi connectivity index (χ3n) is 6.84. The minimum atomic E-state index is -0.0246. The molecule has 2 aliphatic heterocycles. The second-order valence-electron chi connectivity index (χ2n) is 9.24. The van der Waals surface area contributed by atoms with Crippen molar-refractivity contribution in [1.82, 2.24) is 20.2 Å². The van der Waals surface area contributed by atoms with Crippen LogP contribution in [0.3, 0.4) is 0 Å². The Kier molecular flexibility index (Phi) is 6.63. The number of nitrogens with one attached hydrogen (secondary N) is 2. The van der Waals surface area contributed by atoms with Crippen molar-refractivity contribution in [3.63, 3.8) is 0 Å². The first kappa shape index (κ1) is 22.7. The fourth-order valence-electron chi connectivity index (χ4n) is 4.72. The van der Waals surface area contributed by atoms with E-state index in [0.29, 0.717) is 35.0 Å². The van der Waals surface area contributed by atoms with Crippen LogP contribution in [0.15, 0.2) is 24.4 Å². The maximum absolute atomic E-state index is 12.7. The molecule has 0 spiro atoms. The summed E-state index contributed by atoms with van der Waals surface area (Å²) in [6, 6.07) is 5.55. The van der Waals surface area contributed by atoms with Gasteiger partial charge in [0.1, 0.15) is 5.82 Å². The van der Waals surface area contributed by atoms with Gasteiger partial charge < -0.3 is 20.4 Å². The van der Waals surface area contributed by atoms with Crippen molar-refractivity contribution in [3.8, 4) is 0 Å². The summed E-state index contributed by atoms with van der Waals surface area (Å²) in [5.41, 5.74) is 2.15. The molecule has 1 aromatic carbocycles. The van der Waals surface area contributed by atoms with Gasteiger partial charge in [-0.2, -0.15) is 4.98 Å². The summed E-state index contributed by atoms with van der Waals surface area (Å²) in [6.45, 7) is 5.88. The molecule has 2 atom stereocenters. The summed E-state index contributed by atoms with van der Waals surface area (Å²) < 4.78 is 0. The fourth-order valence-corrected chi connectivity index (χ4v) is 5.29. The molecule has 0 unspecified atom stereocenters. The van der Waals surface area contributed by atoms with Crippen LogP contribution in [-0.4, -0.2) is 59.5 Å². The zero-order valence-corrected chi connectivity index (χ0v) is 20.4. The molecule has 33 heavy (non-hydrogen) atoms. The quantitative estimate of drug-likeness (QED) is 0.633. The van der Waals surface area contributed by atoms with E-state index in [1.807, 2.05) is 23.2 Å². The van der Waals surface area contributed by atoms with Gasteiger partial charge in [-0.1, -0.05) is 29.3 Å². The average molecular weight is 489 g/mol. The number of halogens is 2. The Hall–Kier alpha value is -2.09. The lowest BCUT2D eigenvalue weighted by Gasteiger charge is -2.36.